The molecular weight excluding hydrogens is 308 g/mol. The Bertz CT molecular complexity index is 639. The summed E-state index contributed by atoms with van der Waals surface area (Å²) >= 11 is 3.12. The smallest absolute Gasteiger partial charge is 0.358 e. The lowest BCUT2D eigenvalue weighted by Crippen LogP contribution is -2.01. The summed E-state index contributed by atoms with van der Waals surface area (Å²) < 4.78 is 1.59. The highest BCUT2D eigenvalue weighted by atomic mass is 79.9. The molecule has 0 radical (unpaired) electrons. The van der Waals surface area contributed by atoms with Crippen molar-refractivity contribution < 1.29 is 14.8 Å². The first-order valence-corrected chi connectivity index (χ1v) is 5.38. The molecule has 0 unspecified atom stereocenters. The Morgan fingerprint density at radius 1 is 1.50 bits per heavy atom. The molecule has 9 heteroatoms. The van der Waals surface area contributed by atoms with Crippen molar-refractivity contribution in [1.29, 1.82) is 0 Å². The number of aromatic nitrogens is 3. The van der Waals surface area contributed by atoms with Gasteiger partial charge in [0.2, 0.25) is 0 Å². The summed E-state index contributed by atoms with van der Waals surface area (Å²) in [5.74, 6) is -1.25. The number of benzene rings is 1. The summed E-state index contributed by atoms with van der Waals surface area (Å²) in [6, 6.07) is 4.34. The van der Waals surface area contributed by atoms with Crippen LogP contribution >= 0.6 is 15.9 Å². The van der Waals surface area contributed by atoms with E-state index in [0.29, 0.717) is 4.47 Å². The van der Waals surface area contributed by atoms with Gasteiger partial charge >= 0.3 is 5.97 Å². The first kappa shape index (κ1) is 12.2. The summed E-state index contributed by atoms with van der Waals surface area (Å²) in [6.07, 6.45) is 1.11. The number of hydrogen-bond acceptors (Lipinski definition) is 5. The maximum Gasteiger partial charge on any atom is 0.358 e. The zero-order chi connectivity index (χ0) is 13.3. The number of nitrogens with zero attached hydrogens (tertiary/aromatic N) is 4. The molecule has 0 amide bonds. The molecule has 0 spiro atoms. The molecule has 18 heavy (non-hydrogen) atoms. The van der Waals surface area contributed by atoms with Crippen molar-refractivity contribution >= 4 is 27.6 Å². The van der Waals surface area contributed by atoms with E-state index in [1.165, 1.54) is 12.1 Å². The number of hydrogen-bond donors (Lipinski definition) is 1. The molecule has 0 atom stereocenters. The molecule has 0 aliphatic heterocycles. The molecule has 0 fully saturated rings. The van der Waals surface area contributed by atoms with Crippen molar-refractivity contribution in [3.8, 4) is 5.69 Å². The summed E-state index contributed by atoms with van der Waals surface area (Å²) in [5, 5.41) is 26.5. The lowest BCUT2D eigenvalue weighted by molar-refractivity contribution is -0.384. The van der Waals surface area contributed by atoms with Crippen LogP contribution < -0.4 is 0 Å². The molecular formula is C9H5BrN4O4. The number of carboxylic acid groups (broad SMARTS) is 1. The monoisotopic (exact) mass is 312 g/mol. The van der Waals surface area contributed by atoms with Crippen LogP contribution in [0.5, 0.6) is 0 Å². The first-order valence-electron chi connectivity index (χ1n) is 4.59. The molecule has 0 saturated carbocycles. The fourth-order valence-electron chi connectivity index (χ4n) is 1.32. The summed E-state index contributed by atoms with van der Waals surface area (Å²) in [7, 11) is 0. The molecule has 0 aliphatic carbocycles. The minimum atomic E-state index is -1.25. The van der Waals surface area contributed by atoms with E-state index in [0.717, 1.165) is 10.9 Å². The van der Waals surface area contributed by atoms with Crippen LogP contribution in [0.1, 0.15) is 10.5 Å². The Balaban J connectivity index is 2.55. The highest BCUT2D eigenvalue weighted by Crippen LogP contribution is 2.26. The standard InChI is InChI=1S/C9H5BrN4O4/c10-5-1-2-7(8(3-5)14(17)18)13-4-6(9(15)16)11-12-13/h1-4H,(H,15,16). The van der Waals surface area contributed by atoms with Crippen molar-refractivity contribution in [1.82, 2.24) is 15.0 Å². The largest absolute Gasteiger partial charge is 0.476 e. The van der Waals surface area contributed by atoms with Crippen molar-refractivity contribution in [3.63, 3.8) is 0 Å². The van der Waals surface area contributed by atoms with Gasteiger partial charge in [-0.2, -0.15) is 0 Å². The number of carbonyl (C=O) groups is 1. The number of nitro groups is 1. The number of carboxylic acids is 1. The third-order valence-corrected chi connectivity index (χ3v) is 2.59. The molecule has 1 aromatic carbocycles. The summed E-state index contributed by atoms with van der Waals surface area (Å²) in [4.78, 5) is 21.0. The second-order valence-corrected chi connectivity index (χ2v) is 4.16. The van der Waals surface area contributed by atoms with E-state index in [9.17, 15) is 14.9 Å². The van der Waals surface area contributed by atoms with Gasteiger partial charge in [0, 0.05) is 10.5 Å². The summed E-state index contributed by atoms with van der Waals surface area (Å²) in [6.45, 7) is 0. The van der Waals surface area contributed by atoms with Gasteiger partial charge < -0.3 is 5.11 Å². The lowest BCUT2D eigenvalue weighted by atomic mass is 10.3. The van der Waals surface area contributed by atoms with Crippen LogP contribution in [0.2, 0.25) is 0 Å². The Hall–Kier alpha value is -2.29. The third-order valence-electron chi connectivity index (χ3n) is 2.09. The van der Waals surface area contributed by atoms with Crippen molar-refractivity contribution in [2.45, 2.75) is 0 Å². The van der Waals surface area contributed by atoms with E-state index in [1.54, 1.807) is 6.07 Å². The Morgan fingerprint density at radius 3 is 2.78 bits per heavy atom. The number of aromatic carboxylic acids is 1. The number of rotatable bonds is 3. The quantitative estimate of drug-likeness (QED) is 0.681. The molecule has 8 nitrogen and oxygen atoms in total. The van der Waals surface area contributed by atoms with Gasteiger partial charge in [0.15, 0.2) is 5.69 Å². The topological polar surface area (TPSA) is 111 Å². The van der Waals surface area contributed by atoms with Crippen LogP contribution in [0.15, 0.2) is 28.9 Å². The van der Waals surface area contributed by atoms with Gasteiger partial charge in [-0.1, -0.05) is 21.1 Å². The SMILES string of the molecule is O=C(O)c1cn(-c2ccc(Br)cc2[N+](=O)[O-])nn1. The Morgan fingerprint density at radius 2 is 2.22 bits per heavy atom. The molecule has 2 rings (SSSR count). The van der Waals surface area contributed by atoms with Crippen LogP contribution in [-0.4, -0.2) is 31.0 Å². The van der Waals surface area contributed by atoms with E-state index < -0.39 is 10.9 Å². The molecule has 0 aliphatic rings. The first-order chi connectivity index (χ1) is 8.49. The minimum absolute atomic E-state index is 0.142. The Kier molecular flexibility index (Phi) is 3.06. The second-order valence-electron chi connectivity index (χ2n) is 3.24. The van der Waals surface area contributed by atoms with E-state index in [-0.39, 0.29) is 17.1 Å². The van der Waals surface area contributed by atoms with Crippen molar-refractivity contribution in [2.75, 3.05) is 0 Å². The fraction of sp³-hybridized carbons (Fsp3) is 0. The van der Waals surface area contributed by atoms with Gasteiger partial charge in [0.25, 0.3) is 5.69 Å². The molecule has 2 aromatic rings. The molecule has 0 bridgehead atoms. The van der Waals surface area contributed by atoms with Gasteiger partial charge in [-0.15, -0.1) is 5.10 Å². The molecule has 92 valence electrons. The average Bonchev–Trinajstić information content (AvgIpc) is 2.78. The number of nitro benzene ring substituents is 1. The molecule has 1 heterocycles. The van der Waals surface area contributed by atoms with Crippen LogP contribution in [0, 0.1) is 10.1 Å². The zero-order valence-electron chi connectivity index (χ0n) is 8.65. The normalized spacial score (nSPS) is 10.3. The van der Waals surface area contributed by atoms with Gasteiger partial charge in [-0.05, 0) is 12.1 Å². The second kappa shape index (κ2) is 4.53. The fourth-order valence-corrected chi connectivity index (χ4v) is 1.67. The van der Waals surface area contributed by atoms with E-state index in [1.807, 2.05) is 0 Å². The molecule has 1 aromatic heterocycles. The van der Waals surface area contributed by atoms with Gasteiger partial charge in [-0.3, -0.25) is 10.1 Å². The van der Waals surface area contributed by atoms with Crippen molar-refractivity contribution in [3.05, 3.63) is 44.7 Å². The number of halogens is 1. The van der Waals surface area contributed by atoms with E-state index in [4.69, 9.17) is 5.11 Å². The van der Waals surface area contributed by atoms with E-state index in [2.05, 4.69) is 26.2 Å². The lowest BCUT2D eigenvalue weighted by Gasteiger charge is -2.01. The minimum Gasteiger partial charge on any atom is -0.476 e. The molecule has 0 saturated heterocycles. The van der Waals surface area contributed by atoms with Crippen LogP contribution in [0.4, 0.5) is 5.69 Å². The maximum absolute atomic E-state index is 10.9. The van der Waals surface area contributed by atoms with Crippen molar-refractivity contribution in [2.24, 2.45) is 0 Å². The Labute approximate surface area is 108 Å². The predicted octanol–water partition coefficient (Wildman–Crippen LogP) is 1.64. The predicted molar refractivity (Wildman–Crippen MR) is 62.7 cm³/mol. The van der Waals surface area contributed by atoms with Gasteiger partial charge in [0.1, 0.15) is 5.69 Å². The van der Waals surface area contributed by atoms with Gasteiger partial charge in [0.05, 0.1) is 11.1 Å². The average molecular weight is 313 g/mol. The van der Waals surface area contributed by atoms with Crippen LogP contribution in [0.25, 0.3) is 5.69 Å². The van der Waals surface area contributed by atoms with E-state index >= 15 is 0 Å². The van der Waals surface area contributed by atoms with Gasteiger partial charge in [-0.25, -0.2) is 9.48 Å². The summed E-state index contributed by atoms with van der Waals surface area (Å²) in [5.41, 5.74) is -0.346. The highest BCUT2D eigenvalue weighted by molar-refractivity contribution is 9.10. The molecule has 1 N–H and O–H groups in total. The maximum atomic E-state index is 10.9. The van der Waals surface area contributed by atoms with Crippen LogP contribution in [-0.2, 0) is 0 Å². The van der Waals surface area contributed by atoms with Crippen LogP contribution in [0.3, 0.4) is 0 Å². The zero-order valence-corrected chi connectivity index (χ0v) is 10.2. The third kappa shape index (κ3) is 2.20. The highest BCUT2D eigenvalue weighted by Gasteiger charge is 2.18.